The number of sulfonamides is 1. The number of anilines is 1. The van der Waals surface area contributed by atoms with Crippen LogP contribution in [0.5, 0.6) is 5.75 Å². The number of aryl methyl sites for hydroxylation is 1. The zero-order valence-electron chi connectivity index (χ0n) is 14.6. The van der Waals surface area contributed by atoms with Gasteiger partial charge in [0.05, 0.1) is 18.6 Å². The maximum Gasteiger partial charge on any atom is 0.242 e. The molecule has 1 aliphatic rings. The van der Waals surface area contributed by atoms with Gasteiger partial charge in [0.15, 0.2) is 0 Å². The van der Waals surface area contributed by atoms with Crippen LogP contribution in [-0.4, -0.2) is 33.9 Å². The van der Waals surface area contributed by atoms with Crippen LogP contribution in [0.1, 0.15) is 5.56 Å². The minimum atomic E-state index is -3.77. The van der Waals surface area contributed by atoms with Crippen LogP contribution in [0.3, 0.4) is 0 Å². The zero-order chi connectivity index (χ0) is 18.6. The van der Waals surface area contributed by atoms with Gasteiger partial charge in [-0.1, -0.05) is 12.1 Å². The normalized spacial score (nSPS) is 19.3. The van der Waals surface area contributed by atoms with Crippen molar-refractivity contribution >= 4 is 21.9 Å². The minimum Gasteiger partial charge on any atom is -0.497 e. The Morgan fingerprint density at radius 3 is 2.54 bits per heavy atom. The van der Waals surface area contributed by atoms with Crippen LogP contribution in [0.15, 0.2) is 70.6 Å². The van der Waals surface area contributed by atoms with Gasteiger partial charge < -0.3 is 10.1 Å². The average Bonchev–Trinajstić information content (AvgIpc) is 2.62. The number of rotatable bonds is 6. The molecule has 0 spiro atoms. The summed E-state index contributed by atoms with van der Waals surface area (Å²) in [6.07, 6.45) is 5.14. The molecule has 7 heteroatoms. The number of methoxy groups -OCH3 is 1. The molecule has 2 aromatic carbocycles. The summed E-state index contributed by atoms with van der Waals surface area (Å²) in [6.45, 7) is 2.22. The molecule has 26 heavy (non-hydrogen) atoms. The zero-order valence-corrected chi connectivity index (χ0v) is 15.5. The summed E-state index contributed by atoms with van der Waals surface area (Å²) >= 11 is 0. The lowest BCUT2D eigenvalue weighted by molar-refractivity contribution is 0.414. The highest BCUT2D eigenvalue weighted by atomic mass is 32.2. The molecule has 0 aromatic heterocycles. The Morgan fingerprint density at radius 1 is 1.15 bits per heavy atom. The van der Waals surface area contributed by atoms with E-state index in [4.69, 9.17) is 4.74 Å². The van der Waals surface area contributed by atoms with Crippen LogP contribution in [0.25, 0.3) is 0 Å². The molecule has 0 amide bonds. The number of dihydropyridines is 1. The molecule has 3 rings (SSSR count). The lowest BCUT2D eigenvalue weighted by atomic mass is 10.1. The number of ether oxygens (including phenoxy) is 1. The second-order valence-electron chi connectivity index (χ2n) is 6.10. The standard InChI is InChI=1S/C19H21N3O3S/c1-15-5-3-6-16(13-15)21-19(11-4-12-20-14-19)22-26(23,24)18-9-7-17(25-2)8-10-18/h3-13,21-22H,14H2,1-2H3. The summed E-state index contributed by atoms with van der Waals surface area (Å²) in [5.74, 6) is 0.596. The number of nitrogens with one attached hydrogen (secondary N) is 2. The summed E-state index contributed by atoms with van der Waals surface area (Å²) in [5.41, 5.74) is 0.844. The Morgan fingerprint density at radius 2 is 1.92 bits per heavy atom. The van der Waals surface area contributed by atoms with Crippen molar-refractivity contribution in [3.8, 4) is 5.75 Å². The molecular weight excluding hydrogens is 350 g/mol. The number of hydrogen-bond acceptors (Lipinski definition) is 5. The largest absolute Gasteiger partial charge is 0.497 e. The second kappa shape index (κ2) is 7.31. The maximum absolute atomic E-state index is 12.9. The predicted molar refractivity (Wildman–Crippen MR) is 103 cm³/mol. The lowest BCUT2D eigenvalue weighted by Crippen LogP contribution is -2.55. The second-order valence-corrected chi connectivity index (χ2v) is 7.78. The maximum atomic E-state index is 12.9. The first-order chi connectivity index (χ1) is 12.4. The SMILES string of the molecule is COc1ccc(S(=O)(=O)NC2(Nc3cccc(C)c3)C=CC=NC2)cc1. The summed E-state index contributed by atoms with van der Waals surface area (Å²) in [7, 11) is -2.23. The van der Waals surface area contributed by atoms with E-state index in [-0.39, 0.29) is 11.4 Å². The molecule has 1 atom stereocenters. The van der Waals surface area contributed by atoms with E-state index in [9.17, 15) is 8.42 Å². The van der Waals surface area contributed by atoms with Crippen LogP contribution in [0.2, 0.25) is 0 Å². The molecule has 0 fully saturated rings. The highest BCUT2D eigenvalue weighted by Crippen LogP contribution is 2.22. The van der Waals surface area contributed by atoms with E-state index < -0.39 is 15.7 Å². The third-order valence-electron chi connectivity index (χ3n) is 3.98. The van der Waals surface area contributed by atoms with Crippen molar-refractivity contribution in [1.29, 1.82) is 0 Å². The fourth-order valence-corrected chi connectivity index (χ4v) is 4.00. The summed E-state index contributed by atoms with van der Waals surface area (Å²) in [5, 5.41) is 3.27. The van der Waals surface area contributed by atoms with Gasteiger partial charge in [0.2, 0.25) is 10.0 Å². The van der Waals surface area contributed by atoms with Gasteiger partial charge in [0.25, 0.3) is 0 Å². The molecule has 6 nitrogen and oxygen atoms in total. The van der Waals surface area contributed by atoms with Crippen molar-refractivity contribution in [2.75, 3.05) is 19.0 Å². The van der Waals surface area contributed by atoms with E-state index in [1.165, 1.54) is 19.2 Å². The smallest absolute Gasteiger partial charge is 0.242 e. The Balaban J connectivity index is 1.90. The van der Waals surface area contributed by atoms with Crippen LogP contribution in [0, 0.1) is 6.92 Å². The van der Waals surface area contributed by atoms with Gasteiger partial charge in [-0.2, -0.15) is 4.72 Å². The number of nitrogens with zero attached hydrogens (tertiary/aromatic N) is 1. The summed E-state index contributed by atoms with van der Waals surface area (Å²) in [6, 6.07) is 14.0. The van der Waals surface area contributed by atoms with Gasteiger partial charge in [0, 0.05) is 11.9 Å². The van der Waals surface area contributed by atoms with Crippen molar-refractivity contribution in [1.82, 2.24) is 4.72 Å². The molecule has 0 saturated carbocycles. The monoisotopic (exact) mass is 371 g/mol. The molecule has 0 radical (unpaired) electrons. The molecule has 1 aliphatic heterocycles. The molecule has 2 N–H and O–H groups in total. The summed E-state index contributed by atoms with van der Waals surface area (Å²) < 4.78 is 33.6. The van der Waals surface area contributed by atoms with Gasteiger partial charge in [0.1, 0.15) is 11.4 Å². The van der Waals surface area contributed by atoms with Gasteiger partial charge >= 0.3 is 0 Å². The van der Waals surface area contributed by atoms with Gasteiger partial charge in [-0.05, 0) is 61.0 Å². The Hall–Kier alpha value is -2.64. The molecule has 0 saturated heterocycles. The van der Waals surface area contributed by atoms with E-state index in [2.05, 4.69) is 15.0 Å². The molecule has 2 aromatic rings. The summed E-state index contributed by atoms with van der Waals surface area (Å²) in [4.78, 5) is 4.39. The van der Waals surface area contributed by atoms with E-state index in [1.54, 1.807) is 30.5 Å². The van der Waals surface area contributed by atoms with Gasteiger partial charge in [-0.15, -0.1) is 0 Å². The van der Waals surface area contributed by atoms with Crippen LogP contribution in [0.4, 0.5) is 5.69 Å². The fourth-order valence-electron chi connectivity index (χ4n) is 2.72. The van der Waals surface area contributed by atoms with Crippen LogP contribution >= 0.6 is 0 Å². The number of aliphatic imine (C=N–C) groups is 1. The van der Waals surface area contributed by atoms with Crippen molar-refractivity contribution in [3.63, 3.8) is 0 Å². The van der Waals surface area contributed by atoms with Crippen molar-refractivity contribution in [3.05, 3.63) is 66.2 Å². The molecule has 0 bridgehead atoms. The molecule has 0 aliphatic carbocycles. The van der Waals surface area contributed by atoms with Gasteiger partial charge in [-0.3, -0.25) is 4.99 Å². The van der Waals surface area contributed by atoms with E-state index in [1.807, 2.05) is 31.2 Å². The van der Waals surface area contributed by atoms with E-state index in [0.717, 1.165) is 11.3 Å². The van der Waals surface area contributed by atoms with E-state index in [0.29, 0.717) is 5.75 Å². The molecular formula is C19H21N3O3S. The predicted octanol–water partition coefficient (Wildman–Crippen LogP) is 2.73. The molecule has 1 heterocycles. The number of hydrogen-bond donors (Lipinski definition) is 2. The third kappa shape index (κ3) is 4.12. The van der Waals surface area contributed by atoms with Crippen molar-refractivity contribution in [2.24, 2.45) is 4.99 Å². The quantitative estimate of drug-likeness (QED) is 0.765. The Kier molecular flexibility index (Phi) is 5.11. The third-order valence-corrected chi connectivity index (χ3v) is 5.51. The van der Waals surface area contributed by atoms with Crippen LogP contribution < -0.4 is 14.8 Å². The highest BCUT2D eigenvalue weighted by Gasteiger charge is 2.33. The van der Waals surface area contributed by atoms with Crippen molar-refractivity contribution in [2.45, 2.75) is 17.5 Å². The topological polar surface area (TPSA) is 79.8 Å². The van der Waals surface area contributed by atoms with Crippen LogP contribution in [-0.2, 0) is 10.0 Å². The Labute approximate surface area is 153 Å². The molecule has 1 unspecified atom stereocenters. The Bertz CT molecular complexity index is 937. The molecule has 136 valence electrons. The number of allylic oxidation sites excluding steroid dienone is 1. The first kappa shape index (κ1) is 18.2. The first-order valence-corrected chi connectivity index (χ1v) is 9.61. The van der Waals surface area contributed by atoms with Crippen molar-refractivity contribution < 1.29 is 13.2 Å². The number of benzene rings is 2. The highest BCUT2D eigenvalue weighted by molar-refractivity contribution is 7.89. The first-order valence-electron chi connectivity index (χ1n) is 8.13. The van der Waals surface area contributed by atoms with Gasteiger partial charge in [-0.25, -0.2) is 8.42 Å². The lowest BCUT2D eigenvalue weighted by Gasteiger charge is -2.33. The average molecular weight is 371 g/mol. The minimum absolute atomic E-state index is 0.159. The fraction of sp³-hybridized carbons (Fsp3) is 0.211. The van der Waals surface area contributed by atoms with E-state index >= 15 is 0 Å².